The summed E-state index contributed by atoms with van der Waals surface area (Å²) in [6.45, 7) is -2.05. The number of carbonyl (C=O) groups excluding carboxylic acids is 1. The maximum absolute atomic E-state index is 11.7. The monoisotopic (exact) mass is 283 g/mol. The molecule has 20 heavy (non-hydrogen) atoms. The number of hydrogen-bond acceptors (Lipinski definition) is 5. The first-order valence-corrected chi connectivity index (χ1v) is 5.52. The van der Waals surface area contributed by atoms with Crippen LogP contribution in [0.4, 0.5) is 0 Å². The third-order valence-corrected chi connectivity index (χ3v) is 2.22. The summed E-state index contributed by atoms with van der Waals surface area (Å²) < 4.78 is 5.02. The number of phenolic OH excluding ortho intramolecular Hbond substituents is 1. The molecule has 0 radical (unpaired) electrons. The summed E-state index contributed by atoms with van der Waals surface area (Å²) in [5.41, 5.74) is 0. The molecule has 0 aliphatic carbocycles. The van der Waals surface area contributed by atoms with Crippen molar-refractivity contribution in [3.8, 4) is 11.5 Å². The predicted octanol–water partition coefficient (Wildman–Crippen LogP) is -0.231. The van der Waals surface area contributed by atoms with E-state index in [1.54, 1.807) is 12.1 Å². The van der Waals surface area contributed by atoms with Crippen LogP contribution >= 0.6 is 0 Å². The number of aromatic hydroxyl groups is 1. The van der Waals surface area contributed by atoms with E-state index >= 15 is 0 Å². The second kappa shape index (κ2) is 6.98. The van der Waals surface area contributed by atoms with Gasteiger partial charge in [-0.2, -0.15) is 0 Å². The van der Waals surface area contributed by atoms with Crippen molar-refractivity contribution >= 4 is 17.8 Å². The molecule has 0 spiro atoms. The lowest BCUT2D eigenvalue weighted by molar-refractivity contribution is -0.150. The van der Waals surface area contributed by atoms with Crippen LogP contribution in [0.15, 0.2) is 24.3 Å². The average Bonchev–Trinajstić information content (AvgIpc) is 2.35. The van der Waals surface area contributed by atoms with Gasteiger partial charge in [0.25, 0.3) is 5.91 Å². The van der Waals surface area contributed by atoms with E-state index in [2.05, 4.69) is 0 Å². The zero-order chi connectivity index (χ0) is 15.1. The minimum Gasteiger partial charge on any atom is -0.504 e. The van der Waals surface area contributed by atoms with Crippen molar-refractivity contribution in [2.24, 2.45) is 0 Å². The van der Waals surface area contributed by atoms with Crippen LogP contribution in [0, 0.1) is 0 Å². The Morgan fingerprint density at radius 1 is 1.05 bits per heavy atom. The van der Waals surface area contributed by atoms with Gasteiger partial charge in [-0.05, 0) is 12.1 Å². The van der Waals surface area contributed by atoms with Gasteiger partial charge in [-0.1, -0.05) is 12.1 Å². The Bertz CT molecular complexity index is 498. The van der Waals surface area contributed by atoms with Gasteiger partial charge in [0.1, 0.15) is 13.1 Å². The van der Waals surface area contributed by atoms with Crippen LogP contribution in [0.1, 0.15) is 0 Å². The molecule has 1 aromatic rings. The number of rotatable bonds is 7. The number of nitrogens with zero attached hydrogens (tertiary/aromatic N) is 1. The third-order valence-electron chi connectivity index (χ3n) is 2.22. The minimum atomic E-state index is -1.33. The first kappa shape index (κ1) is 15.3. The number of carboxylic acid groups (broad SMARTS) is 2. The molecule has 0 unspecified atom stereocenters. The zero-order valence-electron chi connectivity index (χ0n) is 10.4. The lowest BCUT2D eigenvalue weighted by Crippen LogP contribution is -2.41. The Morgan fingerprint density at radius 3 is 2.10 bits per heavy atom. The quantitative estimate of drug-likeness (QED) is 0.631. The molecule has 1 rings (SSSR count). The fourth-order valence-corrected chi connectivity index (χ4v) is 1.37. The maximum atomic E-state index is 11.7. The molecule has 0 aromatic heterocycles. The normalized spacial score (nSPS) is 9.80. The number of phenols is 1. The van der Waals surface area contributed by atoms with Crippen molar-refractivity contribution in [2.45, 2.75) is 0 Å². The number of amides is 1. The molecule has 0 aliphatic rings. The van der Waals surface area contributed by atoms with Gasteiger partial charge in [0, 0.05) is 0 Å². The summed E-state index contributed by atoms with van der Waals surface area (Å²) in [4.78, 5) is 33.4. The summed E-state index contributed by atoms with van der Waals surface area (Å²) in [5.74, 6) is -3.60. The number of aliphatic carboxylic acids is 2. The number of para-hydroxylation sites is 2. The fourth-order valence-electron chi connectivity index (χ4n) is 1.37. The van der Waals surface area contributed by atoms with Crippen LogP contribution in [0.3, 0.4) is 0 Å². The van der Waals surface area contributed by atoms with Gasteiger partial charge < -0.3 is 25.0 Å². The molecule has 0 fully saturated rings. The van der Waals surface area contributed by atoms with Gasteiger partial charge >= 0.3 is 11.9 Å². The Kier molecular flexibility index (Phi) is 5.33. The van der Waals surface area contributed by atoms with Crippen LogP contribution in [-0.4, -0.2) is 57.8 Å². The largest absolute Gasteiger partial charge is 0.504 e. The van der Waals surface area contributed by atoms with E-state index in [-0.39, 0.29) is 11.5 Å². The van der Waals surface area contributed by atoms with Crippen molar-refractivity contribution in [2.75, 3.05) is 19.7 Å². The molecule has 0 heterocycles. The van der Waals surface area contributed by atoms with E-state index in [1.807, 2.05) is 0 Å². The molecule has 1 aromatic carbocycles. The molecule has 0 bridgehead atoms. The summed E-state index contributed by atoms with van der Waals surface area (Å²) in [6, 6.07) is 5.91. The second-order valence-corrected chi connectivity index (χ2v) is 3.79. The number of carbonyl (C=O) groups is 3. The molecular formula is C12H13NO7. The molecular weight excluding hydrogens is 270 g/mol. The van der Waals surface area contributed by atoms with Gasteiger partial charge in [-0.25, -0.2) is 0 Å². The third kappa shape index (κ3) is 4.84. The average molecular weight is 283 g/mol. The fraction of sp³-hybridized carbons (Fsp3) is 0.250. The standard InChI is InChI=1S/C12H13NO7/c14-8-3-1-2-4-9(8)20-7-10(15)13(5-11(16)17)6-12(18)19/h1-4,14H,5-7H2,(H,16,17)(H,18,19). The highest BCUT2D eigenvalue weighted by Gasteiger charge is 2.20. The first-order valence-electron chi connectivity index (χ1n) is 5.52. The van der Waals surface area contributed by atoms with E-state index in [0.717, 1.165) is 0 Å². The zero-order valence-corrected chi connectivity index (χ0v) is 10.4. The van der Waals surface area contributed by atoms with Crippen molar-refractivity contribution in [3.05, 3.63) is 24.3 Å². The van der Waals surface area contributed by atoms with E-state index in [9.17, 15) is 19.5 Å². The Hall–Kier alpha value is -2.77. The lowest BCUT2D eigenvalue weighted by atomic mass is 10.3. The van der Waals surface area contributed by atoms with E-state index in [1.165, 1.54) is 12.1 Å². The van der Waals surface area contributed by atoms with Gasteiger partial charge in [-0.15, -0.1) is 0 Å². The van der Waals surface area contributed by atoms with Gasteiger partial charge in [0.15, 0.2) is 18.1 Å². The topological polar surface area (TPSA) is 124 Å². The Morgan fingerprint density at radius 2 is 1.60 bits per heavy atom. The highest BCUT2D eigenvalue weighted by molar-refractivity contribution is 5.85. The molecule has 8 heteroatoms. The van der Waals surface area contributed by atoms with Crippen LogP contribution in [-0.2, 0) is 14.4 Å². The minimum absolute atomic E-state index is 0.0476. The molecule has 3 N–H and O–H groups in total. The lowest BCUT2D eigenvalue weighted by Gasteiger charge is -2.18. The van der Waals surface area contributed by atoms with Crippen LogP contribution < -0.4 is 4.74 Å². The summed E-state index contributed by atoms with van der Waals surface area (Å²) in [5, 5.41) is 26.6. The van der Waals surface area contributed by atoms with Gasteiger partial charge in [0.2, 0.25) is 0 Å². The molecule has 0 saturated heterocycles. The number of ether oxygens (including phenoxy) is 1. The van der Waals surface area contributed by atoms with Crippen LogP contribution in [0.25, 0.3) is 0 Å². The van der Waals surface area contributed by atoms with E-state index in [0.29, 0.717) is 4.90 Å². The van der Waals surface area contributed by atoms with Crippen molar-refractivity contribution in [1.29, 1.82) is 0 Å². The predicted molar refractivity (Wildman–Crippen MR) is 65.5 cm³/mol. The number of hydrogen-bond donors (Lipinski definition) is 3. The SMILES string of the molecule is O=C(O)CN(CC(=O)O)C(=O)COc1ccccc1O. The van der Waals surface area contributed by atoms with Gasteiger partial charge in [-0.3, -0.25) is 14.4 Å². The van der Waals surface area contributed by atoms with Crippen LogP contribution in [0.5, 0.6) is 11.5 Å². The summed E-state index contributed by atoms with van der Waals surface area (Å²) >= 11 is 0. The number of benzene rings is 1. The van der Waals surface area contributed by atoms with Crippen molar-refractivity contribution in [1.82, 2.24) is 4.90 Å². The maximum Gasteiger partial charge on any atom is 0.323 e. The summed E-state index contributed by atoms with van der Waals surface area (Å²) in [7, 11) is 0. The van der Waals surface area contributed by atoms with Crippen molar-refractivity contribution < 1.29 is 34.4 Å². The van der Waals surface area contributed by atoms with Crippen molar-refractivity contribution in [3.63, 3.8) is 0 Å². The Labute approximate surface area is 113 Å². The highest BCUT2D eigenvalue weighted by atomic mass is 16.5. The molecule has 8 nitrogen and oxygen atoms in total. The molecule has 0 atom stereocenters. The smallest absolute Gasteiger partial charge is 0.323 e. The molecule has 1 amide bonds. The molecule has 108 valence electrons. The Balaban J connectivity index is 2.64. The summed E-state index contributed by atoms with van der Waals surface area (Å²) in [6.07, 6.45) is 0. The molecule has 0 aliphatic heterocycles. The molecule has 0 saturated carbocycles. The second-order valence-electron chi connectivity index (χ2n) is 3.79. The number of carboxylic acids is 2. The first-order chi connectivity index (χ1) is 9.40. The van der Waals surface area contributed by atoms with Crippen LogP contribution in [0.2, 0.25) is 0 Å². The van der Waals surface area contributed by atoms with E-state index in [4.69, 9.17) is 14.9 Å². The van der Waals surface area contributed by atoms with Gasteiger partial charge in [0.05, 0.1) is 0 Å². The van der Waals surface area contributed by atoms with E-state index < -0.39 is 37.5 Å². The highest BCUT2D eigenvalue weighted by Crippen LogP contribution is 2.24.